The third-order valence-corrected chi connectivity index (χ3v) is 3.25. The Balaban J connectivity index is 0.000000174. The quantitative estimate of drug-likeness (QED) is 0.683. The highest BCUT2D eigenvalue weighted by atomic mass is 16.4. The summed E-state index contributed by atoms with van der Waals surface area (Å²) in [6.45, 7) is 0. The van der Waals surface area contributed by atoms with E-state index in [0.29, 0.717) is 0 Å². The lowest BCUT2D eigenvalue weighted by Gasteiger charge is -2.00. The van der Waals surface area contributed by atoms with Crippen molar-refractivity contribution in [3.63, 3.8) is 0 Å². The number of carbonyl (C=O) groups is 2. The molecule has 0 unspecified atom stereocenters. The number of rotatable bonds is 3. The number of nitrogens with one attached hydrogen (secondary N) is 1. The summed E-state index contributed by atoms with van der Waals surface area (Å²) in [5.74, 6) is -2.25. The van der Waals surface area contributed by atoms with E-state index in [1.54, 1.807) is 6.20 Å². The summed E-state index contributed by atoms with van der Waals surface area (Å²) in [6, 6.07) is 15.3. The summed E-state index contributed by atoms with van der Waals surface area (Å²) in [4.78, 5) is 25.0. The van der Waals surface area contributed by atoms with Gasteiger partial charge < -0.3 is 15.5 Å². The van der Waals surface area contributed by atoms with E-state index in [-0.39, 0.29) is 11.1 Å². The van der Waals surface area contributed by atoms with Gasteiger partial charge in [-0.2, -0.15) is 0 Å². The Morgan fingerprint density at radius 2 is 1.58 bits per heavy atom. The van der Waals surface area contributed by atoms with E-state index >= 15 is 0 Å². The molecule has 3 aromatic rings. The summed E-state index contributed by atoms with van der Waals surface area (Å²) in [5, 5.41) is 21.3. The van der Waals surface area contributed by atoms with Crippen LogP contribution in [0.3, 0.4) is 0 Å². The average molecular weight is 324 g/mol. The van der Waals surface area contributed by atoms with Crippen molar-refractivity contribution in [2.45, 2.75) is 0 Å². The summed E-state index contributed by atoms with van der Waals surface area (Å²) in [6.07, 6.45) is 1.81. The number of aromatic carboxylic acids is 2. The molecular formula is C18H16N2O4. The van der Waals surface area contributed by atoms with Crippen LogP contribution >= 0.6 is 0 Å². The number of aromatic nitrogens is 1. The van der Waals surface area contributed by atoms with E-state index in [4.69, 9.17) is 10.2 Å². The molecule has 24 heavy (non-hydrogen) atoms. The predicted octanol–water partition coefficient (Wildman–Crippen LogP) is 3.36. The van der Waals surface area contributed by atoms with E-state index < -0.39 is 11.9 Å². The van der Waals surface area contributed by atoms with Gasteiger partial charge >= 0.3 is 11.9 Å². The molecule has 0 spiro atoms. The van der Waals surface area contributed by atoms with Crippen LogP contribution in [-0.2, 0) is 0 Å². The third-order valence-electron chi connectivity index (χ3n) is 3.25. The number of fused-ring (bicyclic) bond motifs is 1. The SMILES string of the molecule is CNc1ccc2ncccc2c1.O=C(O)c1cccc(C(=O)O)c1. The van der Waals surface area contributed by atoms with Crippen molar-refractivity contribution >= 4 is 28.5 Å². The highest BCUT2D eigenvalue weighted by molar-refractivity contribution is 5.93. The Bertz CT molecular complexity index is 848. The minimum absolute atomic E-state index is 0.0186. The van der Waals surface area contributed by atoms with Gasteiger partial charge in [0.15, 0.2) is 0 Å². The average Bonchev–Trinajstić information content (AvgIpc) is 2.61. The molecule has 0 saturated carbocycles. The number of benzene rings is 2. The Morgan fingerprint density at radius 1 is 0.917 bits per heavy atom. The zero-order valence-corrected chi connectivity index (χ0v) is 12.9. The van der Waals surface area contributed by atoms with E-state index in [1.165, 1.54) is 23.6 Å². The van der Waals surface area contributed by atoms with Gasteiger partial charge in [-0.25, -0.2) is 9.59 Å². The van der Waals surface area contributed by atoms with Crippen LogP contribution in [0.5, 0.6) is 0 Å². The first-order valence-electron chi connectivity index (χ1n) is 7.10. The highest BCUT2D eigenvalue weighted by Gasteiger charge is 2.06. The number of carboxylic acids is 2. The van der Waals surface area contributed by atoms with Crippen molar-refractivity contribution in [2.24, 2.45) is 0 Å². The highest BCUT2D eigenvalue weighted by Crippen LogP contribution is 2.15. The lowest BCUT2D eigenvalue weighted by molar-refractivity contribution is 0.0696. The molecule has 0 saturated heterocycles. The molecule has 0 amide bonds. The van der Waals surface area contributed by atoms with E-state index in [2.05, 4.69) is 22.4 Å². The van der Waals surface area contributed by atoms with E-state index in [0.717, 1.165) is 17.3 Å². The molecule has 0 fully saturated rings. The van der Waals surface area contributed by atoms with Crippen molar-refractivity contribution < 1.29 is 19.8 Å². The zero-order valence-electron chi connectivity index (χ0n) is 12.9. The van der Waals surface area contributed by atoms with Gasteiger partial charge in [0.1, 0.15) is 0 Å². The number of hydrogen-bond acceptors (Lipinski definition) is 4. The smallest absolute Gasteiger partial charge is 0.335 e. The van der Waals surface area contributed by atoms with Crippen molar-refractivity contribution in [3.8, 4) is 0 Å². The number of nitrogens with zero attached hydrogens (tertiary/aromatic N) is 1. The zero-order chi connectivity index (χ0) is 17.5. The van der Waals surface area contributed by atoms with Crippen molar-refractivity contribution in [3.05, 3.63) is 71.9 Å². The van der Waals surface area contributed by atoms with Gasteiger partial charge in [0, 0.05) is 24.3 Å². The van der Waals surface area contributed by atoms with Crippen LogP contribution in [0.4, 0.5) is 5.69 Å². The molecule has 6 heteroatoms. The molecule has 0 radical (unpaired) electrons. The summed E-state index contributed by atoms with van der Waals surface area (Å²) < 4.78 is 0. The van der Waals surface area contributed by atoms with Gasteiger partial charge in [-0.1, -0.05) is 12.1 Å². The van der Waals surface area contributed by atoms with E-state index in [9.17, 15) is 9.59 Å². The van der Waals surface area contributed by atoms with Crippen LogP contribution in [-0.4, -0.2) is 34.2 Å². The number of anilines is 1. The van der Waals surface area contributed by atoms with Gasteiger partial charge in [-0.3, -0.25) is 4.98 Å². The fourth-order valence-electron chi connectivity index (χ4n) is 2.02. The van der Waals surface area contributed by atoms with Crippen molar-refractivity contribution in [2.75, 3.05) is 12.4 Å². The topological polar surface area (TPSA) is 99.5 Å². The molecule has 1 heterocycles. The first-order chi connectivity index (χ1) is 11.5. The van der Waals surface area contributed by atoms with Crippen LogP contribution in [0.2, 0.25) is 0 Å². The lowest BCUT2D eigenvalue weighted by atomic mass is 10.1. The number of hydrogen-bond donors (Lipinski definition) is 3. The summed E-state index contributed by atoms with van der Waals surface area (Å²) in [5.41, 5.74) is 2.12. The van der Waals surface area contributed by atoms with Gasteiger partial charge in [-0.05, 0) is 42.5 Å². The molecule has 2 aromatic carbocycles. The Kier molecular flexibility index (Phi) is 5.46. The number of pyridine rings is 1. The van der Waals surface area contributed by atoms with Crippen LogP contribution in [0.15, 0.2) is 60.8 Å². The minimum Gasteiger partial charge on any atom is -0.478 e. The summed E-state index contributed by atoms with van der Waals surface area (Å²) in [7, 11) is 1.91. The lowest BCUT2D eigenvalue weighted by Crippen LogP contribution is -2.01. The normalized spacial score (nSPS) is 9.71. The minimum atomic E-state index is -1.13. The Labute approximate surface area is 138 Å². The second-order valence-electron chi connectivity index (χ2n) is 4.85. The molecule has 0 aliphatic rings. The molecular weight excluding hydrogens is 308 g/mol. The molecule has 3 rings (SSSR count). The maximum Gasteiger partial charge on any atom is 0.335 e. The Morgan fingerprint density at radius 3 is 2.17 bits per heavy atom. The second kappa shape index (κ2) is 7.73. The molecule has 122 valence electrons. The summed E-state index contributed by atoms with van der Waals surface area (Å²) >= 11 is 0. The largest absolute Gasteiger partial charge is 0.478 e. The molecule has 6 nitrogen and oxygen atoms in total. The van der Waals surface area contributed by atoms with Crippen LogP contribution < -0.4 is 5.32 Å². The maximum atomic E-state index is 10.4. The first kappa shape index (κ1) is 17.0. The third kappa shape index (κ3) is 4.30. The Hall–Kier alpha value is -3.41. The monoisotopic (exact) mass is 324 g/mol. The maximum absolute atomic E-state index is 10.4. The molecule has 3 N–H and O–H groups in total. The van der Waals surface area contributed by atoms with Crippen LogP contribution in [0.25, 0.3) is 10.9 Å². The molecule has 0 aliphatic heterocycles. The van der Waals surface area contributed by atoms with Crippen molar-refractivity contribution in [1.29, 1.82) is 0 Å². The van der Waals surface area contributed by atoms with Gasteiger partial charge in [-0.15, -0.1) is 0 Å². The van der Waals surface area contributed by atoms with Gasteiger partial charge in [0.25, 0.3) is 0 Å². The van der Waals surface area contributed by atoms with Gasteiger partial charge in [0.2, 0.25) is 0 Å². The fraction of sp³-hybridized carbons (Fsp3) is 0.0556. The second-order valence-corrected chi connectivity index (χ2v) is 4.85. The van der Waals surface area contributed by atoms with Gasteiger partial charge in [0.05, 0.1) is 16.6 Å². The standard InChI is InChI=1S/C10H10N2.C8H6O4/c1-11-9-4-5-10-8(7-9)3-2-6-12-10;9-7(10)5-2-1-3-6(4-5)8(11)12/h2-7,11H,1H3;1-4H,(H,9,10)(H,11,12). The molecule has 0 atom stereocenters. The molecule has 1 aromatic heterocycles. The van der Waals surface area contributed by atoms with Crippen molar-refractivity contribution in [1.82, 2.24) is 4.98 Å². The fourth-order valence-corrected chi connectivity index (χ4v) is 2.02. The predicted molar refractivity (Wildman–Crippen MR) is 91.7 cm³/mol. The first-order valence-corrected chi connectivity index (χ1v) is 7.10. The van der Waals surface area contributed by atoms with Crippen LogP contribution in [0.1, 0.15) is 20.7 Å². The molecule has 0 aliphatic carbocycles. The molecule has 0 bridgehead atoms. The number of carboxylic acid groups (broad SMARTS) is 2. The van der Waals surface area contributed by atoms with Crippen LogP contribution in [0, 0.1) is 0 Å². The van der Waals surface area contributed by atoms with E-state index in [1.807, 2.05) is 25.2 Å².